The summed E-state index contributed by atoms with van der Waals surface area (Å²) in [6, 6.07) is 14.6. The highest BCUT2D eigenvalue weighted by Crippen LogP contribution is 2.80. The second-order valence-electron chi connectivity index (χ2n) is 14.2. The standard InChI is InChI=1S/C35H44N2O4/c1-20(31(36)38)37-29(22-7-5-4-6-8-22)26-19-33-15-16-35(26,40-3)32-34(33)14-13-23(17-21-9-10-21)25(33)18-24-11-12-27(39-2)30(41-32)28(24)34/h4-8,11-12,20-21,23,25-26,29,32,37H,9-10,13-19H2,1-3H3,(H2,36,38)/t20?,23?,25-,26+,29?,32+,33+,34-,35+/m0/s1. The summed E-state index contributed by atoms with van der Waals surface area (Å²) < 4.78 is 20.0. The van der Waals surface area contributed by atoms with Crippen LogP contribution in [0.3, 0.4) is 0 Å². The lowest BCUT2D eigenvalue weighted by atomic mass is 9.31. The minimum atomic E-state index is -0.501. The molecule has 7 aliphatic rings. The van der Waals surface area contributed by atoms with Crippen molar-refractivity contribution in [3.05, 3.63) is 59.2 Å². The molecule has 0 radical (unpaired) electrons. The summed E-state index contributed by atoms with van der Waals surface area (Å²) in [6.45, 7) is 1.89. The second kappa shape index (κ2) is 8.97. The van der Waals surface area contributed by atoms with Gasteiger partial charge in [-0.15, -0.1) is 0 Å². The number of ether oxygens (including phenoxy) is 3. The van der Waals surface area contributed by atoms with Crippen LogP contribution in [0.1, 0.15) is 81.0 Å². The van der Waals surface area contributed by atoms with Gasteiger partial charge in [0.1, 0.15) is 11.7 Å². The number of amides is 1. The maximum Gasteiger partial charge on any atom is 0.234 e. The van der Waals surface area contributed by atoms with E-state index < -0.39 is 11.6 Å². The van der Waals surface area contributed by atoms with Gasteiger partial charge in [0.2, 0.25) is 5.91 Å². The largest absolute Gasteiger partial charge is 0.493 e. The Morgan fingerprint density at radius 1 is 1.10 bits per heavy atom. The summed E-state index contributed by atoms with van der Waals surface area (Å²) in [6.07, 6.45) is 10.9. The van der Waals surface area contributed by atoms with Crippen molar-refractivity contribution in [2.24, 2.45) is 34.8 Å². The highest BCUT2D eigenvalue weighted by molar-refractivity contribution is 5.79. The van der Waals surface area contributed by atoms with Crippen LogP contribution in [0, 0.1) is 29.1 Å². The van der Waals surface area contributed by atoms with Gasteiger partial charge in [0, 0.05) is 30.0 Å². The van der Waals surface area contributed by atoms with Crippen LogP contribution in [0.15, 0.2) is 42.5 Å². The normalized spacial score (nSPS) is 39.0. The molecule has 6 heteroatoms. The molecule has 6 aliphatic carbocycles. The number of nitrogens with one attached hydrogen (secondary N) is 1. The molecule has 218 valence electrons. The molecule has 0 saturated heterocycles. The van der Waals surface area contributed by atoms with E-state index >= 15 is 0 Å². The van der Waals surface area contributed by atoms with E-state index in [-0.39, 0.29) is 34.8 Å². The smallest absolute Gasteiger partial charge is 0.234 e. The molecule has 5 fully saturated rings. The summed E-state index contributed by atoms with van der Waals surface area (Å²) in [5, 5.41) is 3.71. The third kappa shape index (κ3) is 3.29. The number of primary amides is 1. The number of carbonyl (C=O) groups excluding carboxylic acids is 1. The van der Waals surface area contributed by atoms with Gasteiger partial charge in [-0.1, -0.05) is 49.2 Å². The molecule has 5 saturated carbocycles. The van der Waals surface area contributed by atoms with Crippen molar-refractivity contribution in [1.29, 1.82) is 0 Å². The van der Waals surface area contributed by atoms with E-state index in [4.69, 9.17) is 19.9 Å². The molecule has 0 aromatic heterocycles. The first kappa shape index (κ1) is 26.1. The Morgan fingerprint density at radius 2 is 1.90 bits per heavy atom. The Kier molecular flexibility index (Phi) is 5.71. The molecule has 1 heterocycles. The molecule has 1 aliphatic heterocycles. The van der Waals surface area contributed by atoms with Crippen LogP contribution in [0.4, 0.5) is 0 Å². The average molecular weight is 557 g/mol. The lowest BCUT2D eigenvalue weighted by Gasteiger charge is -2.74. The van der Waals surface area contributed by atoms with E-state index in [1.54, 1.807) is 7.11 Å². The van der Waals surface area contributed by atoms with Gasteiger partial charge in [-0.25, -0.2) is 0 Å². The molecule has 2 aromatic carbocycles. The van der Waals surface area contributed by atoms with Crippen molar-refractivity contribution in [1.82, 2.24) is 5.32 Å². The van der Waals surface area contributed by atoms with Crippen molar-refractivity contribution < 1.29 is 19.0 Å². The Hall–Kier alpha value is -2.57. The zero-order valence-electron chi connectivity index (χ0n) is 24.7. The van der Waals surface area contributed by atoms with Gasteiger partial charge in [-0.2, -0.15) is 0 Å². The van der Waals surface area contributed by atoms with Crippen molar-refractivity contribution in [2.75, 3.05) is 14.2 Å². The maximum absolute atomic E-state index is 12.4. The van der Waals surface area contributed by atoms with Crippen LogP contribution in [-0.2, 0) is 21.4 Å². The maximum atomic E-state index is 12.4. The van der Waals surface area contributed by atoms with Crippen molar-refractivity contribution in [3.8, 4) is 11.5 Å². The number of fused-ring (bicyclic) bond motifs is 2. The van der Waals surface area contributed by atoms with Crippen LogP contribution in [0.5, 0.6) is 11.5 Å². The fourth-order valence-corrected chi connectivity index (χ4v) is 11.0. The van der Waals surface area contributed by atoms with Gasteiger partial charge in [-0.3, -0.25) is 10.1 Å². The number of hydrogen-bond donors (Lipinski definition) is 2. The zero-order chi connectivity index (χ0) is 28.1. The average Bonchev–Trinajstić information content (AvgIpc) is 3.74. The zero-order valence-corrected chi connectivity index (χ0v) is 24.7. The van der Waals surface area contributed by atoms with E-state index in [1.165, 1.54) is 48.8 Å². The number of rotatable bonds is 9. The highest BCUT2D eigenvalue weighted by Gasteiger charge is 2.81. The van der Waals surface area contributed by atoms with E-state index in [0.29, 0.717) is 5.92 Å². The Morgan fingerprint density at radius 3 is 2.61 bits per heavy atom. The molecular formula is C35H44N2O4. The topological polar surface area (TPSA) is 82.8 Å². The predicted molar refractivity (Wildman–Crippen MR) is 157 cm³/mol. The molecule has 2 spiro atoms. The van der Waals surface area contributed by atoms with Crippen LogP contribution in [0.25, 0.3) is 0 Å². The van der Waals surface area contributed by atoms with E-state index in [0.717, 1.165) is 49.0 Å². The van der Waals surface area contributed by atoms with Gasteiger partial charge < -0.3 is 19.9 Å². The molecule has 4 bridgehead atoms. The second-order valence-corrected chi connectivity index (χ2v) is 14.2. The monoisotopic (exact) mass is 556 g/mol. The molecule has 3 unspecified atom stereocenters. The van der Waals surface area contributed by atoms with Crippen LogP contribution >= 0.6 is 0 Å². The van der Waals surface area contributed by atoms with Gasteiger partial charge in [-0.05, 0) is 92.2 Å². The first-order chi connectivity index (χ1) is 19.9. The van der Waals surface area contributed by atoms with Crippen LogP contribution in [0.2, 0.25) is 0 Å². The van der Waals surface area contributed by atoms with Crippen LogP contribution < -0.4 is 20.5 Å². The molecule has 41 heavy (non-hydrogen) atoms. The number of nitrogens with two attached hydrogens (primary N) is 1. The number of methoxy groups -OCH3 is 2. The van der Waals surface area contributed by atoms with E-state index in [2.05, 4.69) is 47.8 Å². The fourth-order valence-electron chi connectivity index (χ4n) is 11.0. The van der Waals surface area contributed by atoms with Gasteiger partial charge >= 0.3 is 0 Å². The molecule has 1 amide bonds. The fraction of sp³-hybridized carbons (Fsp3) is 0.629. The van der Waals surface area contributed by atoms with E-state index in [1.807, 2.05) is 14.0 Å². The van der Waals surface area contributed by atoms with Gasteiger partial charge in [0.25, 0.3) is 0 Å². The molecule has 9 rings (SSSR count). The molecule has 3 N–H and O–H groups in total. The van der Waals surface area contributed by atoms with Crippen LogP contribution in [-0.4, -0.2) is 37.9 Å². The molecule has 9 atom stereocenters. The summed E-state index contributed by atoms with van der Waals surface area (Å²) in [4.78, 5) is 12.4. The number of carbonyl (C=O) groups is 1. The predicted octanol–water partition coefficient (Wildman–Crippen LogP) is 5.47. The lowest BCUT2D eigenvalue weighted by Crippen LogP contribution is -2.78. The minimum absolute atomic E-state index is 0.0591. The van der Waals surface area contributed by atoms with Crippen molar-refractivity contribution >= 4 is 5.91 Å². The number of benzene rings is 2. The SMILES string of the molecule is COc1ccc2c3c1O[C@H]1[C@@]4(OC)CC[C@@]5(C[C@@H]4C(NC(C)C(N)=O)c4ccccc4)[C@@H](C2)C(CC2CC2)CC[C@]315. The highest BCUT2D eigenvalue weighted by atomic mass is 16.6. The van der Waals surface area contributed by atoms with Crippen molar-refractivity contribution in [2.45, 2.75) is 93.9 Å². The first-order valence-electron chi connectivity index (χ1n) is 15.9. The minimum Gasteiger partial charge on any atom is -0.493 e. The molecule has 6 nitrogen and oxygen atoms in total. The molecule has 2 aromatic rings. The summed E-state index contributed by atoms with van der Waals surface area (Å²) in [5.74, 6) is 3.94. The van der Waals surface area contributed by atoms with Crippen molar-refractivity contribution in [3.63, 3.8) is 0 Å². The molecular weight excluding hydrogens is 512 g/mol. The van der Waals surface area contributed by atoms with Gasteiger partial charge in [0.05, 0.1) is 13.2 Å². The first-order valence-corrected chi connectivity index (χ1v) is 15.9. The summed E-state index contributed by atoms with van der Waals surface area (Å²) in [5.41, 5.74) is 9.52. The Balaban J connectivity index is 1.33. The summed E-state index contributed by atoms with van der Waals surface area (Å²) >= 11 is 0. The summed E-state index contributed by atoms with van der Waals surface area (Å²) in [7, 11) is 3.66. The number of hydrogen-bond acceptors (Lipinski definition) is 5. The quantitative estimate of drug-likeness (QED) is 0.428. The van der Waals surface area contributed by atoms with E-state index in [9.17, 15) is 4.79 Å². The lowest BCUT2D eigenvalue weighted by molar-refractivity contribution is -0.284. The Bertz CT molecular complexity index is 1380. The third-order valence-corrected chi connectivity index (χ3v) is 12.8. The third-order valence-electron chi connectivity index (χ3n) is 12.8. The van der Waals surface area contributed by atoms with Gasteiger partial charge in [0.15, 0.2) is 11.5 Å². The Labute approximate surface area is 243 Å².